The highest BCUT2D eigenvalue weighted by Gasteiger charge is 2.21. The molecule has 0 aliphatic rings. The van der Waals surface area contributed by atoms with Crippen LogP contribution in [-0.4, -0.2) is 30.6 Å². The predicted molar refractivity (Wildman–Crippen MR) is 130 cm³/mol. The van der Waals surface area contributed by atoms with Crippen LogP contribution in [0.2, 0.25) is 0 Å². The van der Waals surface area contributed by atoms with Crippen LogP contribution in [0.1, 0.15) is 12.6 Å². The Bertz CT molecular complexity index is 1550. The van der Waals surface area contributed by atoms with E-state index in [0.717, 1.165) is 5.69 Å². The predicted octanol–water partition coefficient (Wildman–Crippen LogP) is 4.68. The highest BCUT2D eigenvalue weighted by molar-refractivity contribution is 7.98. The molecule has 3 aromatic heterocycles. The molecule has 8 nitrogen and oxygen atoms in total. The highest BCUT2D eigenvalue weighted by Crippen LogP contribution is 2.32. The standard InChI is InChI=1S/C23H17FN6O2S2/c1-14(31)29(19-10-6-5-9-18(19)24)23-26-15(13-34-23)12-33-22-27-20-17(21(32)28-22)11-25-30(20)16-7-3-2-4-8-16/h2-11,13H,12H2,1H3,(H,27,28,32). The number of thiazole rings is 1. The fraction of sp³-hybridized carbons (Fsp3) is 0.0870. The summed E-state index contributed by atoms with van der Waals surface area (Å²) in [5.41, 5.74) is 1.80. The molecule has 1 N–H and O–H groups in total. The van der Waals surface area contributed by atoms with Gasteiger partial charge in [0, 0.05) is 18.1 Å². The first-order chi connectivity index (χ1) is 16.5. The Morgan fingerprint density at radius 1 is 1.15 bits per heavy atom. The maximum absolute atomic E-state index is 14.3. The number of nitrogens with zero attached hydrogens (tertiary/aromatic N) is 5. The quantitative estimate of drug-likeness (QED) is 0.273. The number of fused-ring (bicyclic) bond motifs is 1. The lowest BCUT2D eigenvalue weighted by Gasteiger charge is -2.18. The number of hydrogen-bond donors (Lipinski definition) is 1. The minimum atomic E-state index is -0.506. The van der Waals surface area contributed by atoms with Crippen LogP contribution >= 0.6 is 23.1 Å². The molecule has 0 atom stereocenters. The third-order valence-corrected chi connectivity index (χ3v) is 6.69. The fourth-order valence-electron chi connectivity index (χ4n) is 3.37. The van der Waals surface area contributed by atoms with Crippen molar-refractivity contribution in [1.82, 2.24) is 24.7 Å². The van der Waals surface area contributed by atoms with Crippen molar-refractivity contribution in [2.75, 3.05) is 4.90 Å². The highest BCUT2D eigenvalue weighted by atomic mass is 32.2. The van der Waals surface area contributed by atoms with Gasteiger partial charge in [-0.05, 0) is 24.3 Å². The second-order valence-electron chi connectivity index (χ2n) is 7.22. The second-order valence-corrected chi connectivity index (χ2v) is 9.02. The molecule has 2 aromatic carbocycles. The summed E-state index contributed by atoms with van der Waals surface area (Å²) >= 11 is 2.54. The Morgan fingerprint density at radius 3 is 2.68 bits per heavy atom. The Morgan fingerprint density at radius 2 is 1.91 bits per heavy atom. The van der Waals surface area contributed by atoms with E-state index in [1.54, 1.807) is 22.2 Å². The van der Waals surface area contributed by atoms with Crippen molar-refractivity contribution in [2.24, 2.45) is 0 Å². The zero-order valence-corrected chi connectivity index (χ0v) is 19.4. The van der Waals surface area contributed by atoms with Crippen molar-refractivity contribution in [2.45, 2.75) is 17.8 Å². The molecule has 11 heteroatoms. The summed E-state index contributed by atoms with van der Waals surface area (Å²) < 4.78 is 15.9. The molecule has 5 rings (SSSR count). The summed E-state index contributed by atoms with van der Waals surface area (Å²) in [7, 11) is 0. The maximum atomic E-state index is 14.3. The van der Waals surface area contributed by atoms with Crippen LogP contribution in [0.4, 0.5) is 15.2 Å². The van der Waals surface area contributed by atoms with Gasteiger partial charge in [0.15, 0.2) is 15.9 Å². The van der Waals surface area contributed by atoms with E-state index in [1.165, 1.54) is 53.3 Å². The zero-order valence-electron chi connectivity index (χ0n) is 17.8. The lowest BCUT2D eigenvalue weighted by Crippen LogP contribution is -2.23. The number of halogens is 1. The molecule has 0 unspecified atom stereocenters. The SMILES string of the molecule is CC(=O)N(c1nc(CSc2nc3c(cnn3-c3ccccc3)c(=O)[nH]2)cs1)c1ccccc1F. The van der Waals surface area contributed by atoms with E-state index in [0.29, 0.717) is 32.8 Å². The number of benzene rings is 2. The van der Waals surface area contributed by atoms with Gasteiger partial charge in [0.05, 0.1) is 23.3 Å². The van der Waals surface area contributed by atoms with Crippen LogP contribution in [0.25, 0.3) is 16.7 Å². The molecule has 34 heavy (non-hydrogen) atoms. The molecule has 3 heterocycles. The summed E-state index contributed by atoms with van der Waals surface area (Å²) in [5.74, 6) is -0.453. The Hall–Kier alpha value is -3.83. The number of thioether (sulfide) groups is 1. The third kappa shape index (κ3) is 4.22. The largest absolute Gasteiger partial charge is 0.301 e. The van der Waals surface area contributed by atoms with Crippen LogP contribution in [0, 0.1) is 5.82 Å². The van der Waals surface area contributed by atoms with E-state index in [9.17, 15) is 14.0 Å². The lowest BCUT2D eigenvalue weighted by molar-refractivity contribution is -0.115. The van der Waals surface area contributed by atoms with Gasteiger partial charge in [-0.15, -0.1) is 11.3 Å². The van der Waals surface area contributed by atoms with Gasteiger partial charge < -0.3 is 4.98 Å². The molecule has 0 spiro atoms. The Balaban J connectivity index is 1.40. The van der Waals surface area contributed by atoms with E-state index in [2.05, 4.69) is 20.1 Å². The fourth-order valence-corrected chi connectivity index (χ4v) is 5.11. The number of anilines is 2. The number of hydrogen-bond acceptors (Lipinski definition) is 7. The van der Waals surface area contributed by atoms with Crippen molar-refractivity contribution in [3.63, 3.8) is 0 Å². The number of aromatic nitrogens is 5. The number of carbonyl (C=O) groups excluding carboxylic acids is 1. The summed E-state index contributed by atoms with van der Waals surface area (Å²) in [6.45, 7) is 1.36. The van der Waals surface area contributed by atoms with Gasteiger partial charge >= 0.3 is 0 Å². The molecule has 0 saturated carbocycles. The molecule has 0 bridgehead atoms. The number of rotatable bonds is 6. The van der Waals surface area contributed by atoms with Gasteiger partial charge in [-0.3, -0.25) is 14.5 Å². The normalized spacial score (nSPS) is 11.1. The molecular formula is C23H17FN6O2S2. The third-order valence-electron chi connectivity index (χ3n) is 4.91. The molecule has 0 aliphatic carbocycles. The van der Waals surface area contributed by atoms with Crippen molar-refractivity contribution in [3.05, 3.63) is 88.0 Å². The van der Waals surface area contributed by atoms with Crippen molar-refractivity contribution in [3.8, 4) is 5.69 Å². The van der Waals surface area contributed by atoms with E-state index < -0.39 is 5.82 Å². The van der Waals surface area contributed by atoms with E-state index >= 15 is 0 Å². The monoisotopic (exact) mass is 492 g/mol. The number of amides is 1. The minimum absolute atomic E-state index is 0.147. The number of para-hydroxylation sites is 2. The van der Waals surface area contributed by atoms with Gasteiger partial charge in [0.25, 0.3) is 5.56 Å². The van der Waals surface area contributed by atoms with Crippen LogP contribution in [0.3, 0.4) is 0 Å². The van der Waals surface area contributed by atoms with Crippen molar-refractivity contribution < 1.29 is 9.18 Å². The number of aromatic amines is 1. The first-order valence-electron chi connectivity index (χ1n) is 10.2. The second kappa shape index (κ2) is 9.20. The number of H-pyrrole nitrogens is 1. The first-order valence-corrected chi connectivity index (χ1v) is 12.0. The first kappa shape index (κ1) is 22.0. The van der Waals surface area contributed by atoms with Crippen molar-refractivity contribution in [1.29, 1.82) is 0 Å². The van der Waals surface area contributed by atoms with Crippen LogP contribution in [0.15, 0.2) is 76.1 Å². The van der Waals surface area contributed by atoms with E-state index in [4.69, 9.17) is 0 Å². The molecule has 5 aromatic rings. The van der Waals surface area contributed by atoms with E-state index in [1.807, 2.05) is 30.3 Å². The summed E-state index contributed by atoms with van der Waals surface area (Å²) in [6, 6.07) is 15.5. The maximum Gasteiger partial charge on any atom is 0.262 e. The smallest absolute Gasteiger partial charge is 0.262 e. The lowest BCUT2D eigenvalue weighted by atomic mass is 10.3. The van der Waals surface area contributed by atoms with Crippen LogP contribution in [-0.2, 0) is 10.5 Å². The Labute approximate surface area is 201 Å². The minimum Gasteiger partial charge on any atom is -0.301 e. The summed E-state index contributed by atoms with van der Waals surface area (Å²) in [6.07, 6.45) is 1.49. The van der Waals surface area contributed by atoms with Gasteiger partial charge in [-0.25, -0.2) is 19.0 Å². The number of carbonyl (C=O) groups is 1. The Kier molecular flexibility index (Phi) is 5.95. The molecule has 1 amide bonds. The molecule has 0 saturated heterocycles. The van der Waals surface area contributed by atoms with Gasteiger partial charge in [-0.1, -0.05) is 42.1 Å². The van der Waals surface area contributed by atoms with Gasteiger partial charge in [-0.2, -0.15) is 5.10 Å². The van der Waals surface area contributed by atoms with Gasteiger partial charge in [0.1, 0.15) is 11.2 Å². The number of nitrogens with one attached hydrogen (secondary N) is 1. The zero-order chi connectivity index (χ0) is 23.7. The van der Waals surface area contributed by atoms with Crippen LogP contribution < -0.4 is 10.5 Å². The van der Waals surface area contributed by atoms with E-state index in [-0.39, 0.29) is 17.2 Å². The van der Waals surface area contributed by atoms with Gasteiger partial charge in [0.2, 0.25) is 5.91 Å². The molecule has 170 valence electrons. The molecular weight excluding hydrogens is 475 g/mol. The molecule has 0 aliphatic heterocycles. The molecule has 0 fully saturated rings. The van der Waals surface area contributed by atoms with Crippen LogP contribution in [0.5, 0.6) is 0 Å². The average molecular weight is 493 g/mol. The molecule has 0 radical (unpaired) electrons. The summed E-state index contributed by atoms with van der Waals surface area (Å²) in [4.78, 5) is 37.9. The topological polar surface area (TPSA) is 96.8 Å². The average Bonchev–Trinajstić information content (AvgIpc) is 3.47. The van der Waals surface area contributed by atoms with Crippen molar-refractivity contribution >= 4 is 50.9 Å². The summed E-state index contributed by atoms with van der Waals surface area (Å²) in [5, 5.41) is 7.28.